The van der Waals surface area contributed by atoms with Crippen molar-refractivity contribution in [2.24, 2.45) is 0 Å². The van der Waals surface area contributed by atoms with Crippen LogP contribution in [-0.4, -0.2) is 37.2 Å². The molecule has 2 aromatic rings. The van der Waals surface area contributed by atoms with Crippen LogP contribution in [-0.2, 0) is 14.3 Å². The second-order valence-electron chi connectivity index (χ2n) is 7.04. The van der Waals surface area contributed by atoms with E-state index in [4.69, 9.17) is 14.2 Å². The third-order valence-corrected chi connectivity index (χ3v) is 5.30. The Morgan fingerprint density at radius 3 is 2.43 bits per heavy atom. The number of amides is 1. The summed E-state index contributed by atoms with van der Waals surface area (Å²) in [7, 11) is 0. The molecule has 162 valence electrons. The number of rotatable bonds is 8. The van der Waals surface area contributed by atoms with Crippen LogP contribution < -0.4 is 10.1 Å². The van der Waals surface area contributed by atoms with Crippen molar-refractivity contribution in [3.63, 3.8) is 0 Å². The fourth-order valence-corrected chi connectivity index (χ4v) is 3.78. The number of hydrogen-bond acceptors (Lipinski definition) is 7. The zero-order valence-corrected chi connectivity index (χ0v) is 18.9. The molecule has 0 bridgehead atoms. The summed E-state index contributed by atoms with van der Waals surface area (Å²) in [6, 6.07) is 5.72. The van der Waals surface area contributed by atoms with Crippen molar-refractivity contribution in [3.8, 4) is 5.75 Å². The van der Waals surface area contributed by atoms with Crippen LogP contribution in [0.2, 0.25) is 0 Å². The van der Waals surface area contributed by atoms with Crippen molar-refractivity contribution >= 4 is 34.2 Å². The first kappa shape index (κ1) is 23.4. The van der Waals surface area contributed by atoms with Gasteiger partial charge in [0.25, 0.3) is 5.91 Å². The molecule has 1 N–H and O–H groups in total. The number of carbonyl (C=O) groups is 3. The standard InChI is InChI=1S/C22H27NO6S/c1-7-27-21(25)18-15(6)19(22(26)29-12(2)3)30-20(18)23-17(24)11-28-16-10-13(4)8-9-14(16)5/h8-10,12H,7,11H2,1-6H3,(H,23,24). The van der Waals surface area contributed by atoms with Crippen LogP contribution in [0.5, 0.6) is 5.75 Å². The molecule has 0 unspecified atom stereocenters. The molecule has 1 heterocycles. The molecule has 0 radical (unpaired) electrons. The molecule has 1 aromatic heterocycles. The van der Waals surface area contributed by atoms with E-state index in [9.17, 15) is 14.4 Å². The molecular weight excluding hydrogens is 406 g/mol. The summed E-state index contributed by atoms with van der Waals surface area (Å²) in [5.41, 5.74) is 2.49. The molecule has 0 saturated heterocycles. The first-order valence-electron chi connectivity index (χ1n) is 9.65. The lowest BCUT2D eigenvalue weighted by atomic mass is 10.1. The maximum absolute atomic E-state index is 12.5. The van der Waals surface area contributed by atoms with Gasteiger partial charge >= 0.3 is 11.9 Å². The lowest BCUT2D eigenvalue weighted by molar-refractivity contribution is -0.118. The van der Waals surface area contributed by atoms with Crippen molar-refractivity contribution in [1.82, 2.24) is 0 Å². The van der Waals surface area contributed by atoms with Crippen LogP contribution in [0.4, 0.5) is 5.00 Å². The molecule has 2 rings (SSSR count). The molecule has 1 amide bonds. The summed E-state index contributed by atoms with van der Waals surface area (Å²) in [6.45, 7) is 10.5. The van der Waals surface area contributed by atoms with E-state index in [-0.39, 0.29) is 34.8 Å². The van der Waals surface area contributed by atoms with Gasteiger partial charge in [-0.15, -0.1) is 11.3 Å². The summed E-state index contributed by atoms with van der Waals surface area (Å²) in [5.74, 6) is -1.00. The minimum atomic E-state index is -0.611. The number of anilines is 1. The number of ether oxygens (including phenoxy) is 3. The molecule has 0 fully saturated rings. The van der Waals surface area contributed by atoms with Gasteiger partial charge in [0.1, 0.15) is 15.6 Å². The number of benzene rings is 1. The second kappa shape index (κ2) is 10.2. The van der Waals surface area contributed by atoms with Crippen molar-refractivity contribution in [3.05, 3.63) is 45.3 Å². The van der Waals surface area contributed by atoms with Crippen LogP contribution in [0.1, 0.15) is 57.5 Å². The van der Waals surface area contributed by atoms with Gasteiger partial charge in [-0.1, -0.05) is 12.1 Å². The summed E-state index contributed by atoms with van der Waals surface area (Å²) in [5, 5.41) is 2.90. The van der Waals surface area contributed by atoms with Gasteiger partial charge in [-0.2, -0.15) is 0 Å². The highest BCUT2D eigenvalue weighted by Gasteiger charge is 2.27. The summed E-state index contributed by atoms with van der Waals surface area (Å²) < 4.78 is 16.0. The minimum Gasteiger partial charge on any atom is -0.483 e. The first-order chi connectivity index (χ1) is 14.1. The van der Waals surface area contributed by atoms with Crippen LogP contribution in [0, 0.1) is 20.8 Å². The fourth-order valence-electron chi connectivity index (χ4n) is 2.68. The normalized spacial score (nSPS) is 10.6. The number of nitrogens with one attached hydrogen (secondary N) is 1. The quantitative estimate of drug-likeness (QED) is 0.619. The molecule has 8 heteroatoms. The van der Waals surface area contributed by atoms with Crippen molar-refractivity contribution in [2.45, 2.75) is 47.6 Å². The first-order valence-corrected chi connectivity index (χ1v) is 10.5. The second-order valence-corrected chi connectivity index (χ2v) is 8.06. The van der Waals surface area contributed by atoms with Gasteiger partial charge in [0, 0.05) is 0 Å². The van der Waals surface area contributed by atoms with Crippen molar-refractivity contribution in [2.75, 3.05) is 18.5 Å². The third-order valence-electron chi connectivity index (χ3n) is 4.11. The van der Waals surface area contributed by atoms with E-state index >= 15 is 0 Å². The number of hydrogen-bond donors (Lipinski definition) is 1. The number of aryl methyl sites for hydroxylation is 2. The van der Waals surface area contributed by atoms with Crippen molar-refractivity contribution in [1.29, 1.82) is 0 Å². The van der Waals surface area contributed by atoms with Gasteiger partial charge < -0.3 is 19.5 Å². The summed E-state index contributed by atoms with van der Waals surface area (Å²) in [6.07, 6.45) is -0.311. The molecule has 30 heavy (non-hydrogen) atoms. The van der Waals surface area contributed by atoms with Gasteiger partial charge in [-0.05, 0) is 64.3 Å². The van der Waals surface area contributed by atoms with Crippen LogP contribution >= 0.6 is 11.3 Å². The monoisotopic (exact) mass is 433 g/mol. The smallest absolute Gasteiger partial charge is 0.348 e. The average Bonchev–Trinajstić information content (AvgIpc) is 2.98. The molecule has 0 aliphatic heterocycles. The molecule has 1 aromatic carbocycles. The predicted molar refractivity (Wildman–Crippen MR) is 116 cm³/mol. The molecule has 0 spiro atoms. The van der Waals surface area contributed by atoms with E-state index < -0.39 is 17.8 Å². The Hall–Kier alpha value is -2.87. The predicted octanol–water partition coefficient (Wildman–Crippen LogP) is 4.43. The van der Waals surface area contributed by atoms with Gasteiger partial charge in [0.2, 0.25) is 0 Å². The van der Waals surface area contributed by atoms with Gasteiger partial charge in [0.15, 0.2) is 6.61 Å². The van der Waals surface area contributed by atoms with Crippen LogP contribution in [0.3, 0.4) is 0 Å². The van der Waals surface area contributed by atoms with E-state index in [2.05, 4.69) is 5.32 Å². The molecular formula is C22H27NO6S. The minimum absolute atomic E-state index is 0.151. The lowest BCUT2D eigenvalue weighted by Crippen LogP contribution is -2.21. The van der Waals surface area contributed by atoms with E-state index in [0.717, 1.165) is 22.5 Å². The Morgan fingerprint density at radius 2 is 1.80 bits per heavy atom. The average molecular weight is 434 g/mol. The highest BCUT2D eigenvalue weighted by atomic mass is 32.1. The molecule has 0 aliphatic carbocycles. The third kappa shape index (κ3) is 5.82. The number of carbonyl (C=O) groups excluding carboxylic acids is 3. The SMILES string of the molecule is CCOC(=O)c1c(NC(=O)COc2cc(C)ccc2C)sc(C(=O)OC(C)C)c1C. The Balaban J connectivity index is 2.23. The Morgan fingerprint density at radius 1 is 1.10 bits per heavy atom. The van der Waals surface area contributed by atoms with Gasteiger partial charge in [0.05, 0.1) is 18.3 Å². The number of thiophene rings is 1. The molecule has 7 nitrogen and oxygen atoms in total. The maximum atomic E-state index is 12.5. The van der Waals surface area contributed by atoms with Gasteiger partial charge in [-0.25, -0.2) is 9.59 Å². The Bertz CT molecular complexity index is 947. The summed E-state index contributed by atoms with van der Waals surface area (Å²) >= 11 is 0.983. The topological polar surface area (TPSA) is 90.9 Å². The van der Waals surface area contributed by atoms with E-state index in [1.54, 1.807) is 27.7 Å². The number of esters is 2. The summed E-state index contributed by atoms with van der Waals surface area (Å²) in [4.78, 5) is 37.6. The van der Waals surface area contributed by atoms with E-state index in [1.165, 1.54) is 0 Å². The molecule has 0 saturated carbocycles. The van der Waals surface area contributed by atoms with Crippen LogP contribution in [0.15, 0.2) is 18.2 Å². The highest BCUT2D eigenvalue weighted by molar-refractivity contribution is 7.18. The van der Waals surface area contributed by atoms with Crippen molar-refractivity contribution < 1.29 is 28.6 Å². The Labute approximate surface area is 180 Å². The van der Waals surface area contributed by atoms with E-state index in [1.807, 2.05) is 32.0 Å². The Kier molecular flexibility index (Phi) is 8.00. The lowest BCUT2D eigenvalue weighted by Gasteiger charge is -2.10. The fraction of sp³-hybridized carbons (Fsp3) is 0.409. The highest BCUT2D eigenvalue weighted by Crippen LogP contribution is 2.34. The molecule has 0 aliphatic rings. The largest absolute Gasteiger partial charge is 0.483 e. The molecule has 0 atom stereocenters. The maximum Gasteiger partial charge on any atom is 0.348 e. The zero-order chi connectivity index (χ0) is 22.4. The van der Waals surface area contributed by atoms with E-state index in [0.29, 0.717) is 11.3 Å². The van der Waals surface area contributed by atoms with Gasteiger partial charge in [-0.3, -0.25) is 4.79 Å². The zero-order valence-electron chi connectivity index (χ0n) is 18.1. The van der Waals surface area contributed by atoms with Crippen LogP contribution in [0.25, 0.3) is 0 Å².